The second-order valence-electron chi connectivity index (χ2n) is 7.26. The number of carbonyl (C=O) groups excluding carboxylic acids is 2. The molecule has 2 aliphatic rings. The van der Waals surface area contributed by atoms with Crippen LogP contribution in [-0.2, 0) is 13.0 Å². The van der Waals surface area contributed by atoms with Gasteiger partial charge in [0.15, 0.2) is 5.82 Å². The minimum atomic E-state index is -0.152. The Bertz CT molecular complexity index is 615. The van der Waals surface area contributed by atoms with Crippen molar-refractivity contribution in [3.05, 3.63) is 17.2 Å². The highest BCUT2D eigenvalue weighted by atomic mass is 16.2. The van der Waals surface area contributed by atoms with Crippen LogP contribution in [0.1, 0.15) is 91.5 Å². The van der Waals surface area contributed by atoms with E-state index in [1.54, 1.807) is 0 Å². The fourth-order valence-electron chi connectivity index (χ4n) is 3.89. The minimum absolute atomic E-state index is 0.121. The van der Waals surface area contributed by atoms with Crippen molar-refractivity contribution in [1.29, 1.82) is 0 Å². The molecule has 2 heterocycles. The molecule has 6 nitrogen and oxygen atoms in total. The maximum atomic E-state index is 12.8. The summed E-state index contributed by atoms with van der Waals surface area (Å²) in [7, 11) is 0. The van der Waals surface area contributed by atoms with Gasteiger partial charge in [0.05, 0.1) is 5.69 Å². The van der Waals surface area contributed by atoms with E-state index in [9.17, 15) is 9.59 Å². The standard InChI is InChI=1S/C19H30N4O2/c1-2-12-20-18(24)16-15-11-7-8-13-23(15)17(22-16)19(25)21-14-9-5-3-4-6-10-14/h14H,2-13H2,1H3,(H,20,24)(H,21,25). The number of amides is 2. The van der Waals surface area contributed by atoms with E-state index >= 15 is 0 Å². The summed E-state index contributed by atoms with van der Waals surface area (Å²) in [6.45, 7) is 3.43. The third-order valence-electron chi connectivity index (χ3n) is 5.26. The lowest BCUT2D eigenvalue weighted by molar-refractivity contribution is 0.0917. The molecule has 2 N–H and O–H groups in total. The SMILES string of the molecule is CCCNC(=O)c1nc(C(=O)NC2CCCCCC2)n2c1CCCC2. The molecule has 138 valence electrons. The normalized spacial score (nSPS) is 18.3. The van der Waals surface area contributed by atoms with Crippen molar-refractivity contribution >= 4 is 11.8 Å². The number of imidazole rings is 1. The molecule has 1 aliphatic carbocycles. The van der Waals surface area contributed by atoms with Crippen LogP contribution < -0.4 is 10.6 Å². The van der Waals surface area contributed by atoms with Gasteiger partial charge in [-0.1, -0.05) is 32.6 Å². The molecule has 2 amide bonds. The number of nitrogens with one attached hydrogen (secondary N) is 2. The van der Waals surface area contributed by atoms with Crippen molar-refractivity contribution in [2.24, 2.45) is 0 Å². The Morgan fingerprint density at radius 1 is 1.08 bits per heavy atom. The zero-order chi connectivity index (χ0) is 17.6. The van der Waals surface area contributed by atoms with Gasteiger partial charge in [-0.05, 0) is 38.5 Å². The number of aromatic nitrogens is 2. The number of hydrogen-bond acceptors (Lipinski definition) is 3. The smallest absolute Gasteiger partial charge is 0.287 e. The first-order valence-corrected chi connectivity index (χ1v) is 9.89. The van der Waals surface area contributed by atoms with Gasteiger partial charge in [-0.25, -0.2) is 4.98 Å². The fourth-order valence-corrected chi connectivity index (χ4v) is 3.89. The molecular formula is C19H30N4O2. The number of hydrogen-bond donors (Lipinski definition) is 2. The van der Waals surface area contributed by atoms with Crippen LogP contribution in [0.3, 0.4) is 0 Å². The van der Waals surface area contributed by atoms with Crippen molar-refractivity contribution in [2.45, 2.75) is 83.7 Å². The Labute approximate surface area is 149 Å². The number of carbonyl (C=O) groups is 2. The second-order valence-corrected chi connectivity index (χ2v) is 7.26. The molecule has 3 rings (SSSR count). The highest BCUT2D eigenvalue weighted by molar-refractivity contribution is 5.97. The monoisotopic (exact) mass is 346 g/mol. The Morgan fingerprint density at radius 2 is 1.84 bits per heavy atom. The van der Waals surface area contributed by atoms with Crippen LogP contribution in [-0.4, -0.2) is 34.0 Å². The number of fused-ring (bicyclic) bond motifs is 1. The van der Waals surface area contributed by atoms with Gasteiger partial charge in [-0.15, -0.1) is 0 Å². The predicted octanol–water partition coefficient (Wildman–Crippen LogP) is 2.81. The summed E-state index contributed by atoms with van der Waals surface area (Å²) >= 11 is 0. The van der Waals surface area contributed by atoms with Gasteiger partial charge in [-0.2, -0.15) is 0 Å². The molecule has 0 saturated heterocycles. The van der Waals surface area contributed by atoms with E-state index in [2.05, 4.69) is 15.6 Å². The van der Waals surface area contributed by atoms with E-state index in [-0.39, 0.29) is 17.9 Å². The number of rotatable bonds is 5. The average molecular weight is 346 g/mol. The third kappa shape index (κ3) is 4.22. The van der Waals surface area contributed by atoms with Crippen LogP contribution in [0.4, 0.5) is 0 Å². The molecule has 25 heavy (non-hydrogen) atoms. The van der Waals surface area contributed by atoms with Crippen LogP contribution >= 0.6 is 0 Å². The lowest BCUT2D eigenvalue weighted by atomic mass is 10.1. The Morgan fingerprint density at radius 3 is 2.56 bits per heavy atom. The summed E-state index contributed by atoms with van der Waals surface area (Å²) in [5.41, 5.74) is 1.37. The second kappa shape index (κ2) is 8.50. The maximum Gasteiger partial charge on any atom is 0.287 e. The summed E-state index contributed by atoms with van der Waals surface area (Å²) in [5, 5.41) is 6.06. The largest absolute Gasteiger partial charge is 0.351 e. The summed E-state index contributed by atoms with van der Waals surface area (Å²) in [6.07, 6.45) is 10.7. The van der Waals surface area contributed by atoms with E-state index in [1.807, 2.05) is 11.5 Å². The highest BCUT2D eigenvalue weighted by Gasteiger charge is 2.28. The van der Waals surface area contributed by atoms with Crippen molar-refractivity contribution < 1.29 is 9.59 Å². The quantitative estimate of drug-likeness (QED) is 0.805. The molecule has 0 aromatic carbocycles. The topological polar surface area (TPSA) is 76.0 Å². The molecule has 1 aliphatic heterocycles. The lowest BCUT2D eigenvalue weighted by Crippen LogP contribution is -2.36. The van der Waals surface area contributed by atoms with Gasteiger partial charge in [0, 0.05) is 19.1 Å². The molecule has 0 radical (unpaired) electrons. The van der Waals surface area contributed by atoms with Crippen molar-refractivity contribution in [1.82, 2.24) is 20.2 Å². The van der Waals surface area contributed by atoms with Crippen LogP contribution in [0.25, 0.3) is 0 Å². The van der Waals surface area contributed by atoms with Gasteiger partial charge in [-0.3, -0.25) is 9.59 Å². The molecular weight excluding hydrogens is 316 g/mol. The van der Waals surface area contributed by atoms with E-state index in [0.29, 0.717) is 18.1 Å². The van der Waals surface area contributed by atoms with Crippen LogP contribution in [0.2, 0.25) is 0 Å². The Balaban J connectivity index is 1.79. The van der Waals surface area contributed by atoms with Gasteiger partial charge >= 0.3 is 0 Å². The first kappa shape index (κ1) is 18.0. The zero-order valence-corrected chi connectivity index (χ0v) is 15.3. The summed E-state index contributed by atoms with van der Waals surface area (Å²) in [4.78, 5) is 29.7. The van der Waals surface area contributed by atoms with Gasteiger partial charge in [0.1, 0.15) is 5.69 Å². The summed E-state index contributed by atoms with van der Waals surface area (Å²) < 4.78 is 1.97. The van der Waals surface area contributed by atoms with Crippen LogP contribution in [0.15, 0.2) is 0 Å². The predicted molar refractivity (Wildman–Crippen MR) is 96.7 cm³/mol. The van der Waals surface area contributed by atoms with E-state index in [0.717, 1.165) is 50.8 Å². The molecule has 0 unspecified atom stereocenters. The van der Waals surface area contributed by atoms with Crippen molar-refractivity contribution in [3.8, 4) is 0 Å². The molecule has 1 aromatic heterocycles. The Hall–Kier alpha value is -1.85. The van der Waals surface area contributed by atoms with Crippen molar-refractivity contribution in [3.63, 3.8) is 0 Å². The highest BCUT2D eigenvalue weighted by Crippen LogP contribution is 2.22. The Kier molecular flexibility index (Phi) is 6.10. The molecule has 0 bridgehead atoms. The first-order chi connectivity index (χ1) is 12.2. The summed E-state index contributed by atoms with van der Waals surface area (Å²) in [5.74, 6) is 0.145. The van der Waals surface area contributed by atoms with E-state index < -0.39 is 0 Å². The molecule has 0 atom stereocenters. The van der Waals surface area contributed by atoms with Gasteiger partial charge < -0.3 is 15.2 Å². The van der Waals surface area contributed by atoms with Crippen LogP contribution in [0.5, 0.6) is 0 Å². The molecule has 1 aromatic rings. The molecule has 1 saturated carbocycles. The van der Waals surface area contributed by atoms with Crippen molar-refractivity contribution in [2.75, 3.05) is 6.54 Å². The molecule has 0 spiro atoms. The molecule has 1 fully saturated rings. The van der Waals surface area contributed by atoms with Crippen LogP contribution in [0, 0.1) is 0 Å². The average Bonchev–Trinajstić information content (AvgIpc) is 2.83. The third-order valence-corrected chi connectivity index (χ3v) is 5.26. The first-order valence-electron chi connectivity index (χ1n) is 9.89. The summed E-state index contributed by atoms with van der Waals surface area (Å²) in [6, 6.07) is 0.240. The fraction of sp³-hybridized carbons (Fsp3) is 0.737. The van der Waals surface area contributed by atoms with Gasteiger partial charge in [0.2, 0.25) is 0 Å². The number of nitrogens with zero attached hydrogens (tertiary/aromatic N) is 2. The maximum absolute atomic E-state index is 12.8. The van der Waals surface area contributed by atoms with E-state index in [1.165, 1.54) is 25.7 Å². The lowest BCUT2D eigenvalue weighted by Gasteiger charge is -2.19. The molecule has 6 heteroatoms. The van der Waals surface area contributed by atoms with E-state index in [4.69, 9.17) is 0 Å². The minimum Gasteiger partial charge on any atom is -0.351 e. The van der Waals surface area contributed by atoms with Gasteiger partial charge in [0.25, 0.3) is 11.8 Å². The zero-order valence-electron chi connectivity index (χ0n) is 15.3.